The molecule has 0 saturated heterocycles. The average molecular weight is 443 g/mol. The normalized spacial score (nSPS) is 13.8. The minimum atomic E-state index is -1.19. The fraction of sp³-hybridized carbons (Fsp3) is 0.650. The summed E-state index contributed by atoms with van der Waals surface area (Å²) in [4.78, 5) is 41.6. The van der Waals surface area contributed by atoms with E-state index in [-0.39, 0.29) is 19.3 Å². The molecule has 1 amide bonds. The Morgan fingerprint density at radius 3 is 1.97 bits per heavy atom. The summed E-state index contributed by atoms with van der Waals surface area (Å²) in [5.41, 5.74) is 4.37. The second-order valence-corrected chi connectivity index (χ2v) is 9.02. The fourth-order valence-corrected chi connectivity index (χ4v) is 2.38. The van der Waals surface area contributed by atoms with E-state index in [9.17, 15) is 24.6 Å². The van der Waals surface area contributed by atoms with Crippen LogP contribution in [0.5, 0.6) is 11.8 Å². The highest BCUT2D eigenvalue weighted by Gasteiger charge is 2.28. The van der Waals surface area contributed by atoms with Crippen LogP contribution in [-0.4, -0.2) is 56.3 Å². The predicted octanol–water partition coefficient (Wildman–Crippen LogP) is 1.59. The number of carbonyl (C=O) groups is 3. The van der Waals surface area contributed by atoms with E-state index in [0.29, 0.717) is 4.73 Å². The molecule has 1 aromatic heterocycles. The first-order valence-corrected chi connectivity index (χ1v) is 9.89. The Balaban J connectivity index is 2.79. The average Bonchev–Trinajstić information content (AvgIpc) is 2.89. The molecule has 5 N–H and O–H groups in total. The minimum Gasteiger partial charge on any atom is -0.492 e. The van der Waals surface area contributed by atoms with Crippen LogP contribution in [-0.2, 0) is 19.1 Å². The monoisotopic (exact) mass is 443 g/mol. The highest BCUT2D eigenvalue weighted by molar-refractivity contribution is 5.81. The number of aromatic nitrogens is 1. The molecule has 1 rings (SSSR count). The van der Waals surface area contributed by atoms with Crippen molar-refractivity contribution in [2.75, 3.05) is 0 Å². The Labute approximate surface area is 181 Å². The van der Waals surface area contributed by atoms with Crippen LogP contribution in [0.2, 0.25) is 0 Å². The van der Waals surface area contributed by atoms with Crippen LogP contribution in [0.1, 0.15) is 60.8 Å². The van der Waals surface area contributed by atoms with Crippen LogP contribution in [0.25, 0.3) is 0 Å². The third-order valence-electron chi connectivity index (χ3n) is 3.67. The Morgan fingerprint density at radius 1 is 0.968 bits per heavy atom. The summed E-state index contributed by atoms with van der Waals surface area (Å²) >= 11 is 0. The predicted molar refractivity (Wildman–Crippen MR) is 110 cm³/mol. The molecule has 0 spiro atoms. The molecule has 11 nitrogen and oxygen atoms in total. The molecule has 0 radical (unpaired) electrons. The van der Waals surface area contributed by atoms with E-state index in [1.54, 1.807) is 41.5 Å². The number of aromatic hydroxyl groups is 2. The van der Waals surface area contributed by atoms with Gasteiger partial charge in [0.25, 0.3) is 0 Å². The highest BCUT2D eigenvalue weighted by atomic mass is 16.7. The molecule has 1 heterocycles. The van der Waals surface area contributed by atoms with Gasteiger partial charge in [0, 0.05) is 12.1 Å². The molecule has 1 unspecified atom stereocenters. The summed E-state index contributed by atoms with van der Waals surface area (Å²) in [6.45, 7) is 10.2. The zero-order valence-corrected chi connectivity index (χ0v) is 18.8. The largest absolute Gasteiger partial charge is 0.492 e. The highest BCUT2D eigenvalue weighted by Crippen LogP contribution is 2.19. The molecule has 31 heavy (non-hydrogen) atoms. The van der Waals surface area contributed by atoms with Crippen molar-refractivity contribution < 1.29 is 38.9 Å². The molecule has 0 bridgehead atoms. The van der Waals surface area contributed by atoms with Gasteiger partial charge in [-0.2, -0.15) is 0 Å². The summed E-state index contributed by atoms with van der Waals surface area (Å²) in [7, 11) is 0. The van der Waals surface area contributed by atoms with Gasteiger partial charge in [-0.15, -0.1) is 4.73 Å². The smallest absolute Gasteiger partial charge is 0.408 e. The number of carbonyl (C=O) groups excluding carboxylic acids is 3. The fourth-order valence-electron chi connectivity index (χ4n) is 2.38. The van der Waals surface area contributed by atoms with E-state index in [0.717, 1.165) is 12.1 Å². The summed E-state index contributed by atoms with van der Waals surface area (Å²) < 4.78 is 10.9. The van der Waals surface area contributed by atoms with Gasteiger partial charge in [-0.25, -0.2) is 9.59 Å². The lowest BCUT2D eigenvalue weighted by Gasteiger charge is -2.24. The number of nitrogens with one attached hydrogen (secondary N) is 1. The van der Waals surface area contributed by atoms with Crippen LogP contribution < -0.4 is 15.9 Å². The quantitative estimate of drug-likeness (QED) is 0.437. The molecule has 1 aromatic rings. The standard InChI is InChI=1S/C20H33N3O8/c1-19(2,3)29-16(26)12(21)8-7-9-13(22-18(28)30-20(4,5)6)17(27)31-23-14(24)10-11-15(23)25/h10-13,24-25H,7-9,21H2,1-6H3,(H,22,28)/t12?,13-/m0/s1. The molecule has 0 aliphatic rings. The third-order valence-corrected chi connectivity index (χ3v) is 3.67. The van der Waals surface area contributed by atoms with E-state index in [2.05, 4.69) is 5.32 Å². The second-order valence-electron chi connectivity index (χ2n) is 9.02. The van der Waals surface area contributed by atoms with Crippen molar-refractivity contribution in [2.24, 2.45) is 5.73 Å². The summed E-state index contributed by atoms with van der Waals surface area (Å²) in [5.74, 6) is -2.55. The number of nitrogens with two attached hydrogens (primary N) is 1. The number of amides is 1. The number of rotatable bonds is 8. The van der Waals surface area contributed by atoms with Gasteiger partial charge >= 0.3 is 18.0 Å². The van der Waals surface area contributed by atoms with Crippen LogP contribution in [0.15, 0.2) is 12.1 Å². The Kier molecular flexibility index (Phi) is 8.74. The molecule has 0 aromatic carbocycles. The number of nitrogens with zero attached hydrogens (tertiary/aromatic N) is 1. The third kappa shape index (κ3) is 9.60. The van der Waals surface area contributed by atoms with Crippen LogP contribution in [0, 0.1) is 0 Å². The van der Waals surface area contributed by atoms with Crippen molar-refractivity contribution in [3.63, 3.8) is 0 Å². The summed E-state index contributed by atoms with van der Waals surface area (Å²) in [5, 5.41) is 21.7. The van der Waals surface area contributed by atoms with Gasteiger partial charge < -0.3 is 35.6 Å². The first-order valence-electron chi connectivity index (χ1n) is 9.89. The number of hydrogen-bond acceptors (Lipinski definition) is 9. The first-order chi connectivity index (χ1) is 14.1. The van der Waals surface area contributed by atoms with Crippen molar-refractivity contribution in [3.05, 3.63) is 12.1 Å². The van der Waals surface area contributed by atoms with Crippen LogP contribution >= 0.6 is 0 Å². The Morgan fingerprint density at radius 2 is 1.48 bits per heavy atom. The maximum absolute atomic E-state index is 12.6. The van der Waals surface area contributed by atoms with Gasteiger partial charge in [-0.05, 0) is 60.8 Å². The van der Waals surface area contributed by atoms with E-state index < -0.39 is 53.1 Å². The Hall–Kier alpha value is -2.95. The van der Waals surface area contributed by atoms with Crippen molar-refractivity contribution in [3.8, 4) is 11.8 Å². The van der Waals surface area contributed by atoms with Gasteiger partial charge in [0.2, 0.25) is 11.8 Å². The molecule has 2 atom stereocenters. The Bertz CT molecular complexity index is 757. The summed E-state index contributed by atoms with van der Waals surface area (Å²) in [6, 6.07) is 0.147. The number of alkyl carbamates (subject to hydrolysis) is 1. The van der Waals surface area contributed by atoms with E-state index >= 15 is 0 Å². The number of ether oxygens (including phenoxy) is 2. The van der Waals surface area contributed by atoms with Crippen molar-refractivity contribution >= 4 is 18.0 Å². The molecular weight excluding hydrogens is 410 g/mol. The molecule has 0 aliphatic heterocycles. The maximum Gasteiger partial charge on any atom is 0.408 e. The van der Waals surface area contributed by atoms with Gasteiger partial charge in [-0.3, -0.25) is 4.79 Å². The van der Waals surface area contributed by atoms with Crippen molar-refractivity contribution in [2.45, 2.75) is 84.1 Å². The minimum absolute atomic E-state index is 0.0529. The van der Waals surface area contributed by atoms with Gasteiger partial charge in [0.05, 0.1) is 0 Å². The number of hydrogen-bond donors (Lipinski definition) is 4. The molecule has 0 fully saturated rings. The lowest BCUT2D eigenvalue weighted by Crippen LogP contribution is -2.46. The van der Waals surface area contributed by atoms with E-state index in [4.69, 9.17) is 20.0 Å². The van der Waals surface area contributed by atoms with Crippen LogP contribution in [0.4, 0.5) is 4.79 Å². The lowest BCUT2D eigenvalue weighted by molar-refractivity contribution is -0.156. The van der Waals surface area contributed by atoms with Gasteiger partial charge in [0.15, 0.2) is 0 Å². The van der Waals surface area contributed by atoms with E-state index in [1.165, 1.54) is 0 Å². The molecular formula is C20H33N3O8. The first kappa shape index (κ1) is 26.1. The topological polar surface area (TPSA) is 162 Å². The zero-order valence-electron chi connectivity index (χ0n) is 18.8. The van der Waals surface area contributed by atoms with Crippen molar-refractivity contribution in [1.29, 1.82) is 0 Å². The molecule has 0 aliphatic carbocycles. The lowest BCUT2D eigenvalue weighted by atomic mass is 10.1. The summed E-state index contributed by atoms with van der Waals surface area (Å²) in [6.07, 6.45) is -0.349. The zero-order chi connectivity index (χ0) is 24.0. The van der Waals surface area contributed by atoms with Gasteiger partial charge in [0.1, 0.15) is 23.3 Å². The van der Waals surface area contributed by atoms with Crippen molar-refractivity contribution in [1.82, 2.24) is 10.0 Å². The van der Waals surface area contributed by atoms with Gasteiger partial charge in [-0.1, -0.05) is 0 Å². The molecule has 11 heteroatoms. The number of esters is 1. The maximum atomic E-state index is 12.6. The van der Waals surface area contributed by atoms with Crippen LogP contribution in [0.3, 0.4) is 0 Å². The second kappa shape index (κ2) is 10.4. The molecule has 0 saturated carbocycles. The SMILES string of the molecule is CC(C)(C)OC(=O)N[C@@H](CCCC(N)C(=O)OC(C)(C)C)C(=O)On1c(O)ccc1O. The molecule has 176 valence electrons. The van der Waals surface area contributed by atoms with E-state index in [1.807, 2.05) is 0 Å².